The van der Waals surface area contributed by atoms with Crippen LogP contribution in [0.25, 0.3) is 0 Å². The molecule has 5 nitrogen and oxygen atoms in total. The molecule has 0 bridgehead atoms. The number of rotatable bonds is 4. The molecule has 0 saturated carbocycles. The molecule has 1 saturated heterocycles. The Hall–Kier alpha value is -1.53. The van der Waals surface area contributed by atoms with Crippen molar-refractivity contribution >= 4 is 23.1 Å². The highest BCUT2D eigenvalue weighted by Crippen LogP contribution is 2.14. The van der Waals surface area contributed by atoms with E-state index in [1.807, 2.05) is 17.9 Å². The number of aryl methyl sites for hydroxylation is 1. The van der Waals surface area contributed by atoms with Gasteiger partial charge in [0.1, 0.15) is 0 Å². The molecule has 2 rings (SSSR count). The van der Waals surface area contributed by atoms with Crippen LogP contribution in [-0.2, 0) is 0 Å². The minimum absolute atomic E-state index is 0.0589. The van der Waals surface area contributed by atoms with Gasteiger partial charge in [0.2, 0.25) is 0 Å². The van der Waals surface area contributed by atoms with Gasteiger partial charge in [0.15, 0.2) is 0 Å². The minimum Gasteiger partial charge on any atom is -0.392 e. The number of pyridine rings is 1. The van der Waals surface area contributed by atoms with Gasteiger partial charge in [0, 0.05) is 38.1 Å². The SMILES string of the molecule is CCC(C(N)=S)N1CCN(C(=O)c2cccnc2C)CC1. The quantitative estimate of drug-likeness (QED) is 0.847. The Morgan fingerprint density at radius 1 is 1.43 bits per heavy atom. The van der Waals surface area contributed by atoms with E-state index in [1.165, 1.54) is 0 Å². The zero-order chi connectivity index (χ0) is 15.4. The van der Waals surface area contributed by atoms with Crippen LogP contribution in [0.5, 0.6) is 0 Å². The first-order chi connectivity index (χ1) is 10.0. The number of aromatic nitrogens is 1. The summed E-state index contributed by atoms with van der Waals surface area (Å²) in [6.45, 7) is 6.96. The number of piperazine rings is 1. The Labute approximate surface area is 131 Å². The summed E-state index contributed by atoms with van der Waals surface area (Å²) in [5.41, 5.74) is 7.25. The lowest BCUT2D eigenvalue weighted by Crippen LogP contribution is -2.54. The van der Waals surface area contributed by atoms with Gasteiger partial charge in [-0.05, 0) is 25.5 Å². The third kappa shape index (κ3) is 3.57. The molecule has 6 heteroatoms. The first-order valence-corrected chi connectivity index (χ1v) is 7.69. The van der Waals surface area contributed by atoms with Crippen molar-refractivity contribution in [2.75, 3.05) is 26.2 Å². The third-order valence-electron chi connectivity index (χ3n) is 3.99. The van der Waals surface area contributed by atoms with Crippen molar-refractivity contribution in [1.29, 1.82) is 0 Å². The molecular formula is C15H22N4OS. The average Bonchev–Trinajstić information content (AvgIpc) is 2.48. The highest BCUT2D eigenvalue weighted by atomic mass is 32.1. The van der Waals surface area contributed by atoms with Gasteiger partial charge >= 0.3 is 0 Å². The van der Waals surface area contributed by atoms with Crippen LogP contribution in [0, 0.1) is 6.92 Å². The van der Waals surface area contributed by atoms with Crippen molar-refractivity contribution in [3.05, 3.63) is 29.6 Å². The summed E-state index contributed by atoms with van der Waals surface area (Å²) in [6.07, 6.45) is 2.61. The second kappa shape index (κ2) is 6.95. The largest absolute Gasteiger partial charge is 0.392 e. The van der Waals surface area contributed by atoms with Crippen LogP contribution >= 0.6 is 12.2 Å². The van der Waals surface area contributed by atoms with E-state index >= 15 is 0 Å². The fourth-order valence-electron chi connectivity index (χ4n) is 2.76. The van der Waals surface area contributed by atoms with Gasteiger partial charge in [0.05, 0.1) is 16.6 Å². The van der Waals surface area contributed by atoms with Crippen molar-refractivity contribution in [2.24, 2.45) is 5.73 Å². The van der Waals surface area contributed by atoms with Gasteiger partial charge in [-0.3, -0.25) is 14.7 Å². The van der Waals surface area contributed by atoms with Crippen LogP contribution in [0.1, 0.15) is 29.4 Å². The summed E-state index contributed by atoms with van der Waals surface area (Å²) in [6, 6.07) is 3.77. The van der Waals surface area contributed by atoms with Crippen LogP contribution in [0.15, 0.2) is 18.3 Å². The number of carbonyl (C=O) groups excluding carboxylic acids is 1. The van der Waals surface area contributed by atoms with Gasteiger partial charge in [-0.25, -0.2) is 0 Å². The lowest BCUT2D eigenvalue weighted by atomic mass is 10.1. The molecule has 0 aliphatic carbocycles. The van der Waals surface area contributed by atoms with E-state index < -0.39 is 0 Å². The van der Waals surface area contributed by atoms with Crippen molar-refractivity contribution in [1.82, 2.24) is 14.8 Å². The first kappa shape index (κ1) is 15.9. The number of carbonyl (C=O) groups is 1. The van der Waals surface area contributed by atoms with Gasteiger partial charge < -0.3 is 10.6 Å². The second-order valence-electron chi connectivity index (χ2n) is 5.29. The zero-order valence-corrected chi connectivity index (χ0v) is 13.4. The molecule has 1 aliphatic heterocycles. The Kier molecular flexibility index (Phi) is 5.25. The van der Waals surface area contributed by atoms with Gasteiger partial charge in [-0.1, -0.05) is 19.1 Å². The van der Waals surface area contributed by atoms with Gasteiger partial charge in [0.25, 0.3) is 5.91 Å². The Morgan fingerprint density at radius 2 is 2.10 bits per heavy atom. The van der Waals surface area contributed by atoms with Crippen LogP contribution in [0.3, 0.4) is 0 Å². The van der Waals surface area contributed by atoms with Gasteiger partial charge in [-0.2, -0.15) is 0 Å². The number of amides is 1. The molecule has 1 unspecified atom stereocenters. The molecule has 0 radical (unpaired) electrons. The smallest absolute Gasteiger partial charge is 0.255 e. The maximum atomic E-state index is 12.5. The molecule has 1 aromatic heterocycles. The van der Waals surface area contributed by atoms with E-state index in [-0.39, 0.29) is 11.9 Å². The summed E-state index contributed by atoms with van der Waals surface area (Å²) in [4.78, 5) is 21.4. The number of thiocarbonyl (C=S) groups is 1. The Bertz CT molecular complexity index is 526. The first-order valence-electron chi connectivity index (χ1n) is 7.28. The third-order valence-corrected chi connectivity index (χ3v) is 4.27. The molecule has 1 aromatic rings. The number of nitrogens with zero attached hydrogens (tertiary/aromatic N) is 3. The fourth-order valence-corrected chi connectivity index (χ4v) is 3.07. The van der Waals surface area contributed by atoms with Crippen molar-refractivity contribution in [2.45, 2.75) is 26.3 Å². The maximum absolute atomic E-state index is 12.5. The van der Waals surface area contributed by atoms with E-state index in [4.69, 9.17) is 18.0 Å². The highest BCUT2D eigenvalue weighted by Gasteiger charge is 2.27. The van der Waals surface area contributed by atoms with Crippen molar-refractivity contribution in [3.63, 3.8) is 0 Å². The minimum atomic E-state index is 0.0589. The molecule has 21 heavy (non-hydrogen) atoms. The predicted octanol–water partition coefficient (Wildman–Crippen LogP) is 1.21. The van der Waals surface area contributed by atoms with E-state index in [0.29, 0.717) is 23.6 Å². The zero-order valence-electron chi connectivity index (χ0n) is 12.6. The van der Waals surface area contributed by atoms with E-state index in [1.54, 1.807) is 12.3 Å². The monoisotopic (exact) mass is 306 g/mol. The standard InChI is InChI=1S/C15H22N4OS/c1-3-13(14(16)21)18-7-9-19(10-8-18)15(20)12-5-4-6-17-11(12)2/h4-6,13H,3,7-10H2,1-2H3,(H2,16,21). The molecule has 2 heterocycles. The summed E-state index contributed by atoms with van der Waals surface area (Å²) in [7, 11) is 0. The summed E-state index contributed by atoms with van der Waals surface area (Å²) in [5, 5.41) is 0. The molecule has 0 aromatic carbocycles. The normalized spacial score (nSPS) is 17.5. The summed E-state index contributed by atoms with van der Waals surface area (Å²) < 4.78 is 0. The number of hydrogen-bond donors (Lipinski definition) is 1. The molecule has 1 fully saturated rings. The fraction of sp³-hybridized carbons (Fsp3) is 0.533. The van der Waals surface area contributed by atoms with Crippen molar-refractivity contribution in [3.8, 4) is 0 Å². The molecule has 1 amide bonds. The van der Waals surface area contributed by atoms with Crippen LogP contribution in [0.4, 0.5) is 0 Å². The van der Waals surface area contributed by atoms with E-state index in [2.05, 4.69) is 16.8 Å². The molecule has 114 valence electrons. The second-order valence-corrected chi connectivity index (χ2v) is 5.76. The van der Waals surface area contributed by atoms with Crippen LogP contribution < -0.4 is 5.73 Å². The molecule has 1 atom stereocenters. The van der Waals surface area contributed by atoms with Gasteiger partial charge in [-0.15, -0.1) is 0 Å². The lowest BCUT2D eigenvalue weighted by molar-refractivity contribution is 0.0610. The molecule has 1 aliphatic rings. The lowest BCUT2D eigenvalue weighted by Gasteiger charge is -2.38. The topological polar surface area (TPSA) is 62.5 Å². The van der Waals surface area contributed by atoms with Crippen LogP contribution in [-0.4, -0.2) is 57.9 Å². The Morgan fingerprint density at radius 3 is 2.62 bits per heavy atom. The predicted molar refractivity (Wildman–Crippen MR) is 87.3 cm³/mol. The molecule has 2 N–H and O–H groups in total. The maximum Gasteiger partial charge on any atom is 0.255 e. The summed E-state index contributed by atoms with van der Waals surface area (Å²) >= 11 is 5.12. The highest BCUT2D eigenvalue weighted by molar-refractivity contribution is 7.80. The Balaban J connectivity index is 2.00. The van der Waals surface area contributed by atoms with Crippen molar-refractivity contribution < 1.29 is 4.79 Å². The van der Waals surface area contributed by atoms with E-state index in [9.17, 15) is 4.79 Å². The van der Waals surface area contributed by atoms with E-state index in [0.717, 1.165) is 25.2 Å². The van der Waals surface area contributed by atoms with Crippen LogP contribution in [0.2, 0.25) is 0 Å². The number of nitrogens with two attached hydrogens (primary N) is 1. The average molecular weight is 306 g/mol. The molecule has 0 spiro atoms. The summed E-state index contributed by atoms with van der Waals surface area (Å²) in [5.74, 6) is 0.0589. The number of hydrogen-bond acceptors (Lipinski definition) is 4. The molecular weight excluding hydrogens is 284 g/mol.